The molecule has 1 aromatic carbocycles. The number of likely N-dealkylation sites (tertiary alicyclic amines) is 1. The molecule has 0 atom stereocenters. The minimum absolute atomic E-state index is 0.0705. The highest BCUT2D eigenvalue weighted by molar-refractivity contribution is 6.06. The molecule has 29 heavy (non-hydrogen) atoms. The van der Waals surface area contributed by atoms with Crippen molar-refractivity contribution in [3.63, 3.8) is 0 Å². The summed E-state index contributed by atoms with van der Waals surface area (Å²) in [5.74, 6) is 0.761. The van der Waals surface area contributed by atoms with Gasteiger partial charge in [0.05, 0.1) is 0 Å². The molecule has 6 nitrogen and oxygen atoms in total. The number of pyridine rings is 1. The second-order valence-electron chi connectivity index (χ2n) is 7.71. The molecule has 148 valence electrons. The maximum absolute atomic E-state index is 14.1. The highest BCUT2D eigenvalue weighted by Crippen LogP contribution is 2.29. The largest absolute Gasteiger partial charge is 0.339 e. The predicted octanol–water partition coefficient (Wildman–Crippen LogP) is 2.83. The summed E-state index contributed by atoms with van der Waals surface area (Å²) in [6.45, 7) is 3.08. The number of carbonyl (C=O) groups is 1. The Labute approximate surface area is 168 Å². The highest BCUT2D eigenvalue weighted by atomic mass is 19.1. The summed E-state index contributed by atoms with van der Waals surface area (Å²) in [5.41, 5.74) is 2.84. The monoisotopic (exact) mass is 391 g/mol. The summed E-state index contributed by atoms with van der Waals surface area (Å²) in [5, 5.41) is 4.33. The van der Waals surface area contributed by atoms with E-state index in [1.54, 1.807) is 24.5 Å². The minimum atomic E-state index is -0.336. The van der Waals surface area contributed by atoms with Gasteiger partial charge in [0.15, 0.2) is 0 Å². The summed E-state index contributed by atoms with van der Waals surface area (Å²) >= 11 is 0. The molecule has 0 aliphatic carbocycles. The second kappa shape index (κ2) is 7.48. The summed E-state index contributed by atoms with van der Waals surface area (Å²) in [6, 6.07) is 4.53. The van der Waals surface area contributed by atoms with E-state index < -0.39 is 0 Å². The van der Waals surface area contributed by atoms with Gasteiger partial charge in [0, 0.05) is 84.7 Å². The number of aromatic nitrogens is 3. The lowest BCUT2D eigenvalue weighted by molar-refractivity contribution is 0.0713. The van der Waals surface area contributed by atoms with E-state index in [1.165, 1.54) is 11.6 Å². The van der Waals surface area contributed by atoms with Crippen molar-refractivity contribution in [2.24, 2.45) is 0 Å². The van der Waals surface area contributed by atoms with E-state index in [1.807, 2.05) is 11.1 Å². The van der Waals surface area contributed by atoms with Crippen molar-refractivity contribution in [3.8, 4) is 0 Å². The third-order valence-corrected chi connectivity index (χ3v) is 5.97. The van der Waals surface area contributed by atoms with Gasteiger partial charge >= 0.3 is 0 Å². The van der Waals surface area contributed by atoms with Gasteiger partial charge in [0.25, 0.3) is 5.91 Å². The van der Waals surface area contributed by atoms with Crippen LogP contribution in [0.3, 0.4) is 0 Å². The zero-order valence-corrected chi connectivity index (χ0v) is 16.1. The average molecular weight is 391 g/mol. The standard InChI is InChI=1S/C22H22FN5O/c23-19-2-1-17(18-13-25-7-3-16(18)19)22(29)28-9-5-14(6-10-28)21-26-12-15-11-24-8-4-20(15)27-21/h1-3,7,12-14,24H,4-6,8-11H2. The molecule has 5 rings (SSSR count). The first-order valence-electron chi connectivity index (χ1n) is 10.1. The second-order valence-corrected chi connectivity index (χ2v) is 7.71. The van der Waals surface area contributed by atoms with Crippen molar-refractivity contribution in [1.82, 2.24) is 25.2 Å². The zero-order valence-electron chi connectivity index (χ0n) is 16.1. The smallest absolute Gasteiger partial charge is 0.254 e. The quantitative estimate of drug-likeness (QED) is 0.727. The molecule has 1 fully saturated rings. The van der Waals surface area contributed by atoms with E-state index >= 15 is 0 Å². The van der Waals surface area contributed by atoms with Crippen molar-refractivity contribution in [2.75, 3.05) is 19.6 Å². The number of hydrogen-bond donors (Lipinski definition) is 1. The van der Waals surface area contributed by atoms with Crippen LogP contribution in [0, 0.1) is 5.82 Å². The number of nitrogens with one attached hydrogen (secondary N) is 1. The first-order chi connectivity index (χ1) is 14.2. The number of carbonyl (C=O) groups excluding carboxylic acids is 1. The Hall–Kier alpha value is -2.93. The SMILES string of the molecule is O=C(c1ccc(F)c2ccncc12)N1CCC(c2ncc3c(n2)CCNC3)CC1. The van der Waals surface area contributed by atoms with E-state index in [0.717, 1.165) is 43.9 Å². The fraction of sp³-hybridized carbons (Fsp3) is 0.364. The fourth-order valence-corrected chi connectivity index (χ4v) is 4.30. The van der Waals surface area contributed by atoms with Crippen LogP contribution in [0.4, 0.5) is 4.39 Å². The molecule has 0 unspecified atom stereocenters. The first-order valence-corrected chi connectivity index (χ1v) is 10.1. The molecule has 2 aliphatic rings. The van der Waals surface area contributed by atoms with Crippen molar-refractivity contribution in [2.45, 2.75) is 31.7 Å². The van der Waals surface area contributed by atoms with Gasteiger partial charge in [-0.05, 0) is 31.0 Å². The van der Waals surface area contributed by atoms with E-state index in [2.05, 4.69) is 15.3 Å². The molecule has 2 aliphatic heterocycles. The van der Waals surface area contributed by atoms with Crippen LogP contribution in [0.25, 0.3) is 10.8 Å². The van der Waals surface area contributed by atoms with Crippen LogP contribution in [-0.4, -0.2) is 45.4 Å². The Morgan fingerprint density at radius 2 is 2.00 bits per heavy atom. The van der Waals surface area contributed by atoms with E-state index in [9.17, 15) is 9.18 Å². The minimum Gasteiger partial charge on any atom is -0.339 e. The lowest BCUT2D eigenvalue weighted by Crippen LogP contribution is -2.38. The van der Waals surface area contributed by atoms with Gasteiger partial charge in [0.1, 0.15) is 11.6 Å². The fourth-order valence-electron chi connectivity index (χ4n) is 4.30. The topological polar surface area (TPSA) is 71.0 Å². The van der Waals surface area contributed by atoms with Crippen molar-refractivity contribution < 1.29 is 9.18 Å². The molecule has 0 spiro atoms. The van der Waals surface area contributed by atoms with Gasteiger partial charge in [-0.1, -0.05) is 0 Å². The molecule has 1 N–H and O–H groups in total. The molecule has 2 aromatic heterocycles. The Morgan fingerprint density at radius 3 is 2.86 bits per heavy atom. The molecular weight excluding hydrogens is 369 g/mol. The number of hydrogen-bond acceptors (Lipinski definition) is 5. The number of nitrogens with zero attached hydrogens (tertiary/aromatic N) is 4. The summed E-state index contributed by atoms with van der Waals surface area (Å²) in [7, 11) is 0. The molecule has 0 bridgehead atoms. The molecule has 7 heteroatoms. The predicted molar refractivity (Wildman–Crippen MR) is 107 cm³/mol. The number of piperidine rings is 1. The third-order valence-electron chi connectivity index (χ3n) is 5.97. The Kier molecular flexibility index (Phi) is 4.67. The Morgan fingerprint density at radius 1 is 1.14 bits per heavy atom. The highest BCUT2D eigenvalue weighted by Gasteiger charge is 2.28. The van der Waals surface area contributed by atoms with Gasteiger partial charge in [-0.15, -0.1) is 0 Å². The normalized spacial score (nSPS) is 17.3. The lowest BCUT2D eigenvalue weighted by atomic mass is 9.94. The van der Waals surface area contributed by atoms with Crippen LogP contribution in [0.5, 0.6) is 0 Å². The van der Waals surface area contributed by atoms with E-state index in [4.69, 9.17) is 4.98 Å². The van der Waals surface area contributed by atoms with Crippen LogP contribution in [0.15, 0.2) is 36.8 Å². The lowest BCUT2D eigenvalue weighted by Gasteiger charge is -2.32. The number of rotatable bonds is 2. The van der Waals surface area contributed by atoms with E-state index in [-0.39, 0.29) is 17.6 Å². The molecule has 3 aromatic rings. The first kappa shape index (κ1) is 18.1. The van der Waals surface area contributed by atoms with Crippen LogP contribution < -0.4 is 5.32 Å². The van der Waals surface area contributed by atoms with Crippen molar-refractivity contribution in [3.05, 3.63) is 65.3 Å². The van der Waals surface area contributed by atoms with E-state index in [0.29, 0.717) is 29.4 Å². The van der Waals surface area contributed by atoms with Crippen molar-refractivity contribution >= 4 is 16.7 Å². The van der Waals surface area contributed by atoms with Gasteiger partial charge in [-0.25, -0.2) is 14.4 Å². The molecule has 0 saturated carbocycles. The number of halogens is 1. The third kappa shape index (κ3) is 3.35. The van der Waals surface area contributed by atoms with Gasteiger partial charge in [0.2, 0.25) is 0 Å². The summed E-state index contributed by atoms with van der Waals surface area (Å²) in [4.78, 5) is 28.4. The van der Waals surface area contributed by atoms with Crippen LogP contribution in [0.1, 0.15) is 46.2 Å². The van der Waals surface area contributed by atoms with Crippen LogP contribution >= 0.6 is 0 Å². The Bertz CT molecular complexity index is 1080. The van der Waals surface area contributed by atoms with Crippen LogP contribution in [0.2, 0.25) is 0 Å². The van der Waals surface area contributed by atoms with Crippen LogP contribution in [-0.2, 0) is 13.0 Å². The summed E-state index contributed by atoms with van der Waals surface area (Å²) in [6.07, 6.45) is 7.65. The maximum Gasteiger partial charge on any atom is 0.254 e. The molecule has 1 amide bonds. The molecular formula is C22H22FN5O. The Balaban J connectivity index is 1.32. The maximum atomic E-state index is 14.1. The van der Waals surface area contributed by atoms with Crippen molar-refractivity contribution in [1.29, 1.82) is 0 Å². The number of benzene rings is 1. The molecule has 1 saturated heterocycles. The molecule has 0 radical (unpaired) electrons. The molecule has 4 heterocycles. The average Bonchev–Trinajstić information content (AvgIpc) is 2.79. The van der Waals surface area contributed by atoms with Gasteiger partial charge in [-0.3, -0.25) is 9.78 Å². The van der Waals surface area contributed by atoms with Gasteiger partial charge < -0.3 is 10.2 Å². The number of fused-ring (bicyclic) bond motifs is 2. The van der Waals surface area contributed by atoms with Gasteiger partial charge in [-0.2, -0.15) is 0 Å². The summed E-state index contributed by atoms with van der Waals surface area (Å²) < 4.78 is 14.1. The zero-order chi connectivity index (χ0) is 19.8. The number of amides is 1.